The minimum atomic E-state index is -2.63. The highest BCUT2D eigenvalue weighted by Crippen LogP contribution is 2.41. The zero-order valence-corrected chi connectivity index (χ0v) is 20.5. The summed E-state index contributed by atoms with van der Waals surface area (Å²) in [4.78, 5) is 21.8. The van der Waals surface area contributed by atoms with Gasteiger partial charge in [0.1, 0.15) is 11.6 Å². The number of amides is 1. The second-order valence-electron chi connectivity index (χ2n) is 9.15. The molecule has 0 saturated heterocycles. The zero-order valence-electron chi connectivity index (χ0n) is 19.7. The number of hydrogen-bond donors (Lipinski definition) is 2. The van der Waals surface area contributed by atoms with Gasteiger partial charge >= 0.3 is 0 Å². The smallest absolute Gasteiger partial charge is 0.289 e. The second kappa shape index (κ2) is 9.46. The van der Waals surface area contributed by atoms with Crippen LogP contribution in [0.2, 0.25) is 5.02 Å². The Morgan fingerprint density at radius 1 is 1.17 bits per heavy atom. The largest absolute Gasteiger partial charge is 0.365 e. The molecule has 5 rings (SSSR count). The van der Waals surface area contributed by atoms with E-state index < -0.39 is 11.8 Å². The molecule has 0 unspecified atom stereocenters. The molecule has 1 aliphatic rings. The first kappa shape index (κ1) is 24.1. The maximum Gasteiger partial charge on any atom is 0.289 e. The number of nitrogens with zero attached hydrogens (tertiary/aromatic N) is 3. The summed E-state index contributed by atoms with van der Waals surface area (Å²) in [5.74, 6) is -2.26. The summed E-state index contributed by atoms with van der Waals surface area (Å²) in [6.07, 6.45) is -0.439. The molecule has 2 aromatic heterocycles. The topological polar surface area (TPSA) is 92.9 Å². The van der Waals surface area contributed by atoms with Gasteiger partial charge in [-0.15, -0.1) is 0 Å². The van der Waals surface area contributed by atoms with E-state index in [0.717, 1.165) is 22.4 Å². The number of halogens is 3. The maximum absolute atomic E-state index is 13.1. The van der Waals surface area contributed by atoms with Crippen molar-refractivity contribution in [1.29, 1.82) is 0 Å². The summed E-state index contributed by atoms with van der Waals surface area (Å²) in [7, 11) is 0. The molecule has 0 aliphatic heterocycles. The van der Waals surface area contributed by atoms with Crippen molar-refractivity contribution in [3.05, 3.63) is 70.3 Å². The Balaban J connectivity index is 1.47. The van der Waals surface area contributed by atoms with Gasteiger partial charge in [0, 0.05) is 41.9 Å². The lowest BCUT2D eigenvalue weighted by Gasteiger charge is -2.34. The van der Waals surface area contributed by atoms with Crippen LogP contribution in [0.3, 0.4) is 0 Å². The predicted octanol–water partition coefficient (Wildman–Crippen LogP) is 5.94. The molecular weight excluding hydrogens is 488 g/mol. The average molecular weight is 512 g/mol. The molecular formula is C26H24ClF2N5O2. The van der Waals surface area contributed by atoms with Crippen LogP contribution < -0.4 is 10.6 Å². The van der Waals surface area contributed by atoms with Crippen LogP contribution >= 0.6 is 11.6 Å². The minimum Gasteiger partial charge on any atom is -0.365 e. The number of alkyl halides is 2. The Kier molecular flexibility index (Phi) is 6.34. The van der Waals surface area contributed by atoms with E-state index in [2.05, 4.69) is 25.8 Å². The molecule has 36 heavy (non-hydrogen) atoms. The summed E-state index contributed by atoms with van der Waals surface area (Å²) in [6, 6.07) is 13.1. The fourth-order valence-electron chi connectivity index (χ4n) is 4.49. The Labute approximate surface area is 211 Å². The zero-order chi connectivity index (χ0) is 25.4. The van der Waals surface area contributed by atoms with Crippen LogP contribution in [0.5, 0.6) is 0 Å². The Bertz CT molecular complexity index is 1430. The fraction of sp³-hybridized carbons (Fsp3) is 0.308. The molecule has 186 valence electrons. The van der Waals surface area contributed by atoms with Crippen molar-refractivity contribution in [3.63, 3.8) is 0 Å². The van der Waals surface area contributed by atoms with Crippen molar-refractivity contribution in [1.82, 2.24) is 20.4 Å². The van der Waals surface area contributed by atoms with Crippen molar-refractivity contribution < 1.29 is 18.1 Å². The number of aromatic nitrogens is 3. The van der Waals surface area contributed by atoms with Crippen LogP contribution in [0, 0.1) is 19.8 Å². The van der Waals surface area contributed by atoms with Gasteiger partial charge in [0.05, 0.1) is 11.2 Å². The summed E-state index contributed by atoms with van der Waals surface area (Å²) >= 11 is 6.12. The Hall–Kier alpha value is -3.59. The molecule has 0 bridgehead atoms. The van der Waals surface area contributed by atoms with Crippen molar-refractivity contribution >= 4 is 34.2 Å². The van der Waals surface area contributed by atoms with Gasteiger partial charge in [-0.25, -0.2) is 18.7 Å². The van der Waals surface area contributed by atoms with Gasteiger partial charge < -0.3 is 15.2 Å². The molecule has 2 N–H and O–H groups in total. The summed E-state index contributed by atoms with van der Waals surface area (Å²) in [5.41, 5.74) is 4.04. The quantitative estimate of drug-likeness (QED) is 0.319. The maximum atomic E-state index is 13.1. The minimum absolute atomic E-state index is 0.0349. The van der Waals surface area contributed by atoms with Gasteiger partial charge in [0.2, 0.25) is 11.7 Å². The van der Waals surface area contributed by atoms with Crippen LogP contribution in [-0.2, 0) is 6.54 Å². The lowest BCUT2D eigenvalue weighted by atomic mass is 9.81. The van der Waals surface area contributed by atoms with Crippen LogP contribution in [0.15, 0.2) is 47.0 Å². The van der Waals surface area contributed by atoms with Crippen LogP contribution in [-0.4, -0.2) is 33.5 Å². The third-order valence-corrected chi connectivity index (χ3v) is 6.53. The highest BCUT2D eigenvalue weighted by molar-refractivity contribution is 6.30. The number of nitrogens with one attached hydrogen (secondary N) is 2. The molecule has 10 heteroatoms. The molecule has 1 fully saturated rings. The Morgan fingerprint density at radius 3 is 2.67 bits per heavy atom. The van der Waals surface area contributed by atoms with Crippen molar-refractivity contribution in [2.24, 2.45) is 5.92 Å². The normalized spacial score (nSPS) is 15.0. The molecule has 0 radical (unpaired) electrons. The van der Waals surface area contributed by atoms with E-state index in [9.17, 15) is 13.6 Å². The van der Waals surface area contributed by atoms with Gasteiger partial charge in [-0.1, -0.05) is 35.0 Å². The molecule has 2 aromatic carbocycles. The monoisotopic (exact) mass is 511 g/mol. The van der Waals surface area contributed by atoms with Gasteiger partial charge in [0.15, 0.2) is 0 Å². The number of aryl methyl sites for hydroxylation is 2. The van der Waals surface area contributed by atoms with E-state index >= 15 is 0 Å². The molecule has 2 heterocycles. The van der Waals surface area contributed by atoms with Gasteiger partial charge in [0.25, 0.3) is 5.91 Å². The molecule has 4 aromatic rings. The standard InChI is InChI=1S/C26H24ClF2N5O2/c1-14-22(15(2)36-34-14)18-6-7-21-20(9-18)23(30-12-16-4-3-5-19(27)8-16)33-24(32-21)25(35)31-13-17-10-26(28,29)11-17/h3-9,17H,10-13H2,1-2H3,(H,31,35)(H,30,32,33). The van der Waals surface area contributed by atoms with E-state index in [1.165, 1.54) is 0 Å². The first-order chi connectivity index (χ1) is 17.2. The summed E-state index contributed by atoms with van der Waals surface area (Å²) < 4.78 is 31.6. The fourth-order valence-corrected chi connectivity index (χ4v) is 4.71. The number of benzene rings is 2. The lowest BCUT2D eigenvalue weighted by Crippen LogP contribution is -2.42. The van der Waals surface area contributed by atoms with Crippen LogP contribution in [0.25, 0.3) is 22.0 Å². The molecule has 7 nitrogen and oxygen atoms in total. The lowest BCUT2D eigenvalue weighted by molar-refractivity contribution is -0.108. The number of carbonyl (C=O) groups is 1. The highest BCUT2D eigenvalue weighted by Gasteiger charge is 2.45. The number of fused-ring (bicyclic) bond motifs is 1. The van der Waals surface area contributed by atoms with Crippen molar-refractivity contribution in [2.45, 2.75) is 39.2 Å². The Morgan fingerprint density at radius 2 is 1.97 bits per heavy atom. The molecule has 0 atom stereocenters. The third-order valence-electron chi connectivity index (χ3n) is 6.30. The molecule has 0 spiro atoms. The van der Waals surface area contributed by atoms with Gasteiger partial charge in [-0.3, -0.25) is 4.79 Å². The van der Waals surface area contributed by atoms with Crippen LogP contribution in [0.1, 0.15) is 40.5 Å². The van der Waals surface area contributed by atoms with E-state index in [0.29, 0.717) is 34.0 Å². The van der Waals surface area contributed by atoms with E-state index in [4.69, 9.17) is 16.1 Å². The van der Waals surface area contributed by atoms with Gasteiger partial charge in [-0.2, -0.15) is 0 Å². The van der Waals surface area contributed by atoms with Gasteiger partial charge in [-0.05, 0) is 55.2 Å². The highest BCUT2D eigenvalue weighted by atomic mass is 35.5. The first-order valence-corrected chi connectivity index (χ1v) is 12.0. The number of rotatable bonds is 7. The van der Waals surface area contributed by atoms with Crippen molar-refractivity contribution in [3.8, 4) is 11.1 Å². The first-order valence-electron chi connectivity index (χ1n) is 11.6. The average Bonchev–Trinajstić information content (AvgIpc) is 3.16. The summed E-state index contributed by atoms with van der Waals surface area (Å²) in [5, 5.41) is 11.4. The van der Waals surface area contributed by atoms with Crippen LogP contribution in [0.4, 0.5) is 14.6 Å². The van der Waals surface area contributed by atoms with E-state index in [-0.39, 0.29) is 31.1 Å². The SMILES string of the molecule is Cc1noc(C)c1-c1ccc2nc(C(=O)NCC3CC(F)(F)C3)nc(NCc3cccc(Cl)c3)c2c1. The number of hydrogen-bond acceptors (Lipinski definition) is 6. The summed E-state index contributed by atoms with van der Waals surface area (Å²) in [6.45, 7) is 4.29. The third kappa shape index (κ3) is 5.02. The molecule has 1 saturated carbocycles. The second-order valence-corrected chi connectivity index (χ2v) is 9.59. The predicted molar refractivity (Wildman–Crippen MR) is 133 cm³/mol. The molecule has 1 aliphatic carbocycles. The number of carbonyl (C=O) groups excluding carboxylic acids is 1. The molecule has 1 amide bonds. The van der Waals surface area contributed by atoms with E-state index in [1.807, 2.05) is 50.2 Å². The number of anilines is 1. The van der Waals surface area contributed by atoms with E-state index in [1.54, 1.807) is 6.07 Å². The van der Waals surface area contributed by atoms with Crippen molar-refractivity contribution in [2.75, 3.05) is 11.9 Å².